The number of hydrogen-bond acceptors (Lipinski definition) is 1. The molecule has 0 bridgehead atoms. The Morgan fingerprint density at radius 3 is 2.53 bits per heavy atom. The van der Waals surface area contributed by atoms with Gasteiger partial charge in [-0.05, 0) is 48.7 Å². The first-order valence-electron chi connectivity index (χ1n) is 6.17. The Labute approximate surface area is 122 Å². The molecular weight excluding hydrogens is 302 g/mol. The van der Waals surface area contributed by atoms with Gasteiger partial charge < -0.3 is 5.32 Å². The van der Waals surface area contributed by atoms with Gasteiger partial charge in [0.1, 0.15) is 0 Å². The van der Waals surface area contributed by atoms with E-state index in [0.29, 0.717) is 6.42 Å². The fourth-order valence-electron chi connectivity index (χ4n) is 1.91. The van der Waals surface area contributed by atoms with Gasteiger partial charge in [0, 0.05) is 10.2 Å². The van der Waals surface area contributed by atoms with Crippen molar-refractivity contribution in [2.24, 2.45) is 0 Å². The van der Waals surface area contributed by atoms with Crippen LogP contribution in [0.1, 0.15) is 16.7 Å². The molecule has 2 aromatic carbocycles. The smallest absolute Gasteiger partial charge is 0.228 e. The first-order valence-corrected chi connectivity index (χ1v) is 6.96. The molecule has 0 atom stereocenters. The van der Waals surface area contributed by atoms with Crippen LogP contribution >= 0.6 is 15.9 Å². The maximum Gasteiger partial charge on any atom is 0.228 e. The molecule has 19 heavy (non-hydrogen) atoms. The predicted molar refractivity (Wildman–Crippen MR) is 82.4 cm³/mol. The van der Waals surface area contributed by atoms with Crippen molar-refractivity contribution >= 4 is 27.5 Å². The van der Waals surface area contributed by atoms with Crippen LogP contribution < -0.4 is 5.32 Å². The minimum Gasteiger partial charge on any atom is -0.326 e. The first kappa shape index (κ1) is 13.8. The monoisotopic (exact) mass is 317 g/mol. The number of nitrogens with one attached hydrogen (secondary N) is 1. The van der Waals surface area contributed by atoms with E-state index < -0.39 is 0 Å². The molecule has 0 unspecified atom stereocenters. The van der Waals surface area contributed by atoms with Crippen LogP contribution in [-0.2, 0) is 11.2 Å². The van der Waals surface area contributed by atoms with Crippen LogP contribution in [0.3, 0.4) is 0 Å². The molecule has 2 rings (SSSR count). The molecule has 3 heteroatoms. The number of halogens is 1. The molecular formula is C16H16BrNO. The number of hydrogen-bond donors (Lipinski definition) is 1. The van der Waals surface area contributed by atoms with Crippen LogP contribution in [0.2, 0.25) is 0 Å². The third-order valence-electron chi connectivity index (χ3n) is 3.05. The van der Waals surface area contributed by atoms with Gasteiger partial charge >= 0.3 is 0 Å². The summed E-state index contributed by atoms with van der Waals surface area (Å²) in [5, 5.41) is 2.93. The van der Waals surface area contributed by atoms with E-state index in [1.54, 1.807) is 0 Å². The highest BCUT2D eigenvalue weighted by atomic mass is 79.9. The molecule has 1 amide bonds. The topological polar surface area (TPSA) is 29.1 Å². The highest BCUT2D eigenvalue weighted by Gasteiger charge is 2.06. The van der Waals surface area contributed by atoms with Crippen LogP contribution in [0, 0.1) is 13.8 Å². The third kappa shape index (κ3) is 3.67. The lowest BCUT2D eigenvalue weighted by Gasteiger charge is -2.08. The standard InChI is InChI=1S/C16H16BrNO/c1-11-5-3-4-6-13(11)10-16(19)18-14-7-8-15(17)12(2)9-14/h3-9H,10H2,1-2H3,(H,18,19). The Morgan fingerprint density at radius 1 is 1.11 bits per heavy atom. The summed E-state index contributed by atoms with van der Waals surface area (Å²) in [5.41, 5.74) is 4.14. The number of benzene rings is 2. The first-order chi connectivity index (χ1) is 9.06. The number of amides is 1. The molecule has 2 nitrogen and oxygen atoms in total. The summed E-state index contributed by atoms with van der Waals surface area (Å²) < 4.78 is 1.05. The van der Waals surface area contributed by atoms with E-state index >= 15 is 0 Å². The van der Waals surface area contributed by atoms with Crippen molar-refractivity contribution < 1.29 is 4.79 Å². The molecule has 0 radical (unpaired) electrons. The Hall–Kier alpha value is -1.61. The van der Waals surface area contributed by atoms with Crippen molar-refractivity contribution in [3.63, 3.8) is 0 Å². The van der Waals surface area contributed by atoms with Crippen LogP contribution in [0.4, 0.5) is 5.69 Å². The molecule has 1 N–H and O–H groups in total. The third-order valence-corrected chi connectivity index (χ3v) is 3.94. The second-order valence-electron chi connectivity index (χ2n) is 4.62. The second kappa shape index (κ2) is 6.02. The van der Waals surface area contributed by atoms with Crippen molar-refractivity contribution in [3.05, 3.63) is 63.6 Å². The zero-order valence-electron chi connectivity index (χ0n) is 11.0. The molecule has 0 aliphatic heterocycles. The number of anilines is 1. The average Bonchev–Trinajstić information content (AvgIpc) is 2.37. The predicted octanol–water partition coefficient (Wildman–Crippen LogP) is 4.25. The lowest BCUT2D eigenvalue weighted by molar-refractivity contribution is -0.115. The number of carbonyl (C=O) groups excluding carboxylic acids is 1. The second-order valence-corrected chi connectivity index (χ2v) is 5.47. The van der Waals surface area contributed by atoms with Crippen LogP contribution in [0.5, 0.6) is 0 Å². The Kier molecular flexibility index (Phi) is 4.38. The van der Waals surface area contributed by atoms with Crippen LogP contribution in [-0.4, -0.2) is 5.91 Å². The fourth-order valence-corrected chi connectivity index (χ4v) is 2.16. The van der Waals surface area contributed by atoms with Gasteiger partial charge in [-0.1, -0.05) is 40.2 Å². The van der Waals surface area contributed by atoms with Gasteiger partial charge in [-0.3, -0.25) is 4.79 Å². The van der Waals surface area contributed by atoms with Crippen molar-refractivity contribution in [2.75, 3.05) is 5.32 Å². The van der Waals surface area contributed by atoms with E-state index in [1.165, 1.54) is 0 Å². The molecule has 0 aliphatic rings. The minimum absolute atomic E-state index is 0.0102. The lowest BCUT2D eigenvalue weighted by atomic mass is 10.1. The summed E-state index contributed by atoms with van der Waals surface area (Å²) in [6, 6.07) is 13.7. The maximum atomic E-state index is 12.0. The average molecular weight is 318 g/mol. The van der Waals surface area contributed by atoms with Crippen molar-refractivity contribution in [1.29, 1.82) is 0 Å². The van der Waals surface area contributed by atoms with Gasteiger partial charge in [0.2, 0.25) is 5.91 Å². The Morgan fingerprint density at radius 2 is 1.84 bits per heavy atom. The van der Waals surface area contributed by atoms with Gasteiger partial charge in [0.15, 0.2) is 0 Å². The summed E-state index contributed by atoms with van der Waals surface area (Å²) in [4.78, 5) is 12.0. The van der Waals surface area contributed by atoms with Gasteiger partial charge in [-0.25, -0.2) is 0 Å². The molecule has 0 spiro atoms. The molecule has 0 saturated heterocycles. The minimum atomic E-state index is 0.0102. The molecule has 98 valence electrons. The van der Waals surface area contributed by atoms with E-state index in [4.69, 9.17) is 0 Å². The highest BCUT2D eigenvalue weighted by Crippen LogP contribution is 2.20. The normalized spacial score (nSPS) is 10.3. The van der Waals surface area contributed by atoms with Gasteiger partial charge in [-0.2, -0.15) is 0 Å². The summed E-state index contributed by atoms with van der Waals surface area (Å²) in [6.07, 6.45) is 0.405. The summed E-state index contributed by atoms with van der Waals surface area (Å²) >= 11 is 3.45. The maximum absolute atomic E-state index is 12.0. The molecule has 0 saturated carbocycles. The molecule has 0 fully saturated rings. The zero-order valence-corrected chi connectivity index (χ0v) is 12.6. The van der Waals surface area contributed by atoms with E-state index in [-0.39, 0.29) is 5.91 Å². The van der Waals surface area contributed by atoms with E-state index in [1.807, 2.05) is 56.3 Å². The highest BCUT2D eigenvalue weighted by molar-refractivity contribution is 9.10. The Bertz CT molecular complexity index is 607. The van der Waals surface area contributed by atoms with Crippen molar-refractivity contribution in [1.82, 2.24) is 0 Å². The van der Waals surface area contributed by atoms with Crippen LogP contribution in [0.25, 0.3) is 0 Å². The summed E-state index contributed by atoms with van der Waals surface area (Å²) in [5.74, 6) is 0.0102. The van der Waals surface area contributed by atoms with E-state index in [0.717, 1.165) is 26.9 Å². The van der Waals surface area contributed by atoms with Crippen molar-refractivity contribution in [2.45, 2.75) is 20.3 Å². The molecule has 0 aliphatic carbocycles. The molecule has 0 heterocycles. The van der Waals surface area contributed by atoms with Crippen molar-refractivity contribution in [3.8, 4) is 0 Å². The largest absolute Gasteiger partial charge is 0.326 e. The zero-order chi connectivity index (χ0) is 13.8. The number of aryl methyl sites for hydroxylation is 2. The van der Waals surface area contributed by atoms with Crippen LogP contribution in [0.15, 0.2) is 46.9 Å². The SMILES string of the molecule is Cc1cc(NC(=O)Cc2ccccc2C)ccc1Br. The number of rotatable bonds is 3. The lowest BCUT2D eigenvalue weighted by Crippen LogP contribution is -2.15. The Balaban J connectivity index is 2.05. The quantitative estimate of drug-likeness (QED) is 0.901. The molecule has 0 aromatic heterocycles. The van der Waals surface area contributed by atoms with E-state index in [9.17, 15) is 4.79 Å². The van der Waals surface area contributed by atoms with Gasteiger partial charge in [0.05, 0.1) is 6.42 Å². The fraction of sp³-hybridized carbons (Fsp3) is 0.188. The number of carbonyl (C=O) groups is 1. The molecule has 2 aromatic rings. The van der Waals surface area contributed by atoms with E-state index in [2.05, 4.69) is 21.2 Å². The van der Waals surface area contributed by atoms with Gasteiger partial charge in [0.25, 0.3) is 0 Å². The summed E-state index contributed by atoms with van der Waals surface area (Å²) in [7, 11) is 0. The summed E-state index contributed by atoms with van der Waals surface area (Å²) in [6.45, 7) is 4.02. The van der Waals surface area contributed by atoms with Gasteiger partial charge in [-0.15, -0.1) is 0 Å².